The zero-order valence-electron chi connectivity index (χ0n) is 23.1. The number of phenols is 1. The third-order valence-corrected chi connectivity index (χ3v) is 5.61. The zero-order valence-corrected chi connectivity index (χ0v) is 23.1. The summed E-state index contributed by atoms with van der Waals surface area (Å²) in [5.74, 6) is 0.686. The lowest BCUT2D eigenvalue weighted by Crippen LogP contribution is -2.19. The quantitative estimate of drug-likeness (QED) is 0.295. The molecule has 0 saturated heterocycles. The van der Waals surface area contributed by atoms with E-state index in [0.29, 0.717) is 17.9 Å². The van der Waals surface area contributed by atoms with E-state index in [4.69, 9.17) is 4.74 Å². The fourth-order valence-corrected chi connectivity index (χ4v) is 3.77. The van der Waals surface area contributed by atoms with Crippen LogP contribution in [0.4, 0.5) is 11.4 Å². The highest BCUT2D eigenvalue weighted by atomic mass is 16.5. The molecule has 2 aromatic heterocycles. The van der Waals surface area contributed by atoms with Crippen molar-refractivity contribution in [3.05, 3.63) is 60.9 Å². The first kappa shape index (κ1) is 28.9. The molecule has 0 bridgehead atoms. The molecule has 0 aliphatic heterocycles. The van der Waals surface area contributed by atoms with Crippen molar-refractivity contribution in [2.45, 2.75) is 13.8 Å². The second-order valence-corrected chi connectivity index (χ2v) is 9.14. The van der Waals surface area contributed by atoms with Gasteiger partial charge in [0, 0.05) is 69.4 Å². The minimum absolute atomic E-state index is 0.0998. The first-order chi connectivity index (χ1) is 18.5. The molecule has 4 aromatic rings. The van der Waals surface area contributed by atoms with Crippen LogP contribution < -0.4 is 15.4 Å². The van der Waals surface area contributed by atoms with Crippen molar-refractivity contribution in [1.29, 1.82) is 0 Å². The van der Waals surface area contributed by atoms with Gasteiger partial charge in [-0.15, -0.1) is 0 Å². The molecule has 0 saturated carbocycles. The van der Waals surface area contributed by atoms with Gasteiger partial charge in [0.15, 0.2) is 0 Å². The van der Waals surface area contributed by atoms with Crippen LogP contribution in [0.1, 0.15) is 13.8 Å². The Kier molecular flexibility index (Phi) is 9.82. The van der Waals surface area contributed by atoms with Gasteiger partial charge in [0.2, 0.25) is 11.8 Å². The highest BCUT2D eigenvalue weighted by molar-refractivity contribution is 5.90. The van der Waals surface area contributed by atoms with Crippen LogP contribution in [0.2, 0.25) is 0 Å². The average Bonchev–Trinajstić information content (AvgIpc) is 3.48. The minimum atomic E-state index is -0.147. The van der Waals surface area contributed by atoms with Crippen LogP contribution in [-0.2, 0) is 23.7 Å². The Morgan fingerprint density at radius 1 is 0.846 bits per heavy atom. The highest BCUT2D eigenvalue weighted by Crippen LogP contribution is 2.33. The number of nitrogens with zero attached hydrogens (tertiary/aromatic N) is 5. The van der Waals surface area contributed by atoms with Gasteiger partial charge in [-0.25, -0.2) is 0 Å². The smallest absolute Gasteiger partial charge is 0.221 e. The average molecular weight is 534 g/mol. The molecule has 0 fully saturated rings. The van der Waals surface area contributed by atoms with Crippen LogP contribution in [-0.4, -0.2) is 68.6 Å². The Hall–Kier alpha value is -4.64. The number of aromatic nitrogens is 4. The molecule has 11 nitrogen and oxygen atoms in total. The fourth-order valence-electron chi connectivity index (χ4n) is 3.77. The number of likely N-dealkylation sites (N-methyl/N-ethyl adjacent to an activating group) is 1. The third kappa shape index (κ3) is 8.17. The van der Waals surface area contributed by atoms with Crippen LogP contribution >= 0.6 is 0 Å². The van der Waals surface area contributed by atoms with Crippen LogP contribution in [0.3, 0.4) is 0 Å². The number of carbonyl (C=O) groups excluding carboxylic acids is 2. The maximum Gasteiger partial charge on any atom is 0.221 e. The number of anilines is 2. The fraction of sp³-hybridized carbons (Fsp3) is 0.286. The number of amides is 2. The summed E-state index contributed by atoms with van der Waals surface area (Å²) in [6.45, 7) is 4.36. The Morgan fingerprint density at radius 2 is 1.36 bits per heavy atom. The summed E-state index contributed by atoms with van der Waals surface area (Å²) < 4.78 is 9.33. The number of hydrogen-bond acceptors (Lipinski definition) is 7. The molecule has 0 spiro atoms. The van der Waals surface area contributed by atoms with Gasteiger partial charge >= 0.3 is 0 Å². The van der Waals surface area contributed by atoms with Gasteiger partial charge in [-0.3, -0.25) is 19.0 Å². The molecule has 11 heteroatoms. The number of carbonyl (C=O) groups is 2. The van der Waals surface area contributed by atoms with E-state index in [2.05, 4.69) is 25.7 Å². The molecule has 0 unspecified atom stereocenters. The third-order valence-electron chi connectivity index (χ3n) is 5.61. The highest BCUT2D eigenvalue weighted by Gasteiger charge is 2.12. The van der Waals surface area contributed by atoms with E-state index in [0.717, 1.165) is 34.9 Å². The van der Waals surface area contributed by atoms with E-state index in [1.54, 1.807) is 53.1 Å². The minimum Gasteiger partial charge on any atom is -0.507 e. The van der Waals surface area contributed by atoms with E-state index >= 15 is 0 Å². The molecule has 2 heterocycles. The summed E-state index contributed by atoms with van der Waals surface area (Å²) in [5, 5.41) is 23.5. The lowest BCUT2D eigenvalue weighted by atomic mass is 10.1. The SMILES string of the molecule is CC(=O)Nc1ccc(O)c(-c2ccnn2C)c1.CC(=O)Nc1ccc(OCCN(C)C)c(-c2ccnn2C)c1. The van der Waals surface area contributed by atoms with Gasteiger partial charge in [-0.05, 0) is 62.6 Å². The van der Waals surface area contributed by atoms with Gasteiger partial charge < -0.3 is 25.4 Å². The van der Waals surface area contributed by atoms with Crippen molar-refractivity contribution in [3.8, 4) is 34.0 Å². The Balaban J connectivity index is 0.000000223. The maximum atomic E-state index is 11.2. The van der Waals surface area contributed by atoms with Crippen LogP contribution in [0, 0.1) is 0 Å². The number of aromatic hydroxyl groups is 1. The predicted octanol–water partition coefficient (Wildman–Crippen LogP) is 3.74. The molecule has 3 N–H and O–H groups in total. The van der Waals surface area contributed by atoms with E-state index < -0.39 is 0 Å². The monoisotopic (exact) mass is 533 g/mol. The largest absolute Gasteiger partial charge is 0.507 e. The van der Waals surface area contributed by atoms with Crippen LogP contribution in [0.25, 0.3) is 22.5 Å². The van der Waals surface area contributed by atoms with Crippen molar-refractivity contribution < 1.29 is 19.4 Å². The molecule has 2 amide bonds. The summed E-state index contributed by atoms with van der Waals surface area (Å²) >= 11 is 0. The molecule has 0 aliphatic carbocycles. The summed E-state index contributed by atoms with van der Waals surface area (Å²) in [4.78, 5) is 24.3. The van der Waals surface area contributed by atoms with Crippen LogP contribution in [0.5, 0.6) is 11.5 Å². The molecule has 0 radical (unpaired) electrons. The molecular weight excluding hydrogens is 498 g/mol. The first-order valence-corrected chi connectivity index (χ1v) is 12.3. The Morgan fingerprint density at radius 3 is 1.85 bits per heavy atom. The Bertz CT molecular complexity index is 1430. The van der Waals surface area contributed by atoms with Gasteiger partial charge in [-0.2, -0.15) is 10.2 Å². The number of aryl methyl sites for hydroxylation is 2. The number of hydrogen-bond donors (Lipinski definition) is 3. The normalized spacial score (nSPS) is 10.5. The van der Waals surface area contributed by atoms with E-state index in [1.165, 1.54) is 13.8 Å². The number of phenolic OH excluding ortho intramolecular Hbond substituents is 1. The standard InChI is InChI=1S/C16H22N4O2.C12H13N3O2/c1-12(21)18-13-5-6-16(22-10-9-19(2)3)14(11-13)15-7-8-17-20(15)4;1-8(16)14-9-3-4-12(17)10(7-9)11-5-6-13-15(11)2/h5-8,11H,9-10H2,1-4H3,(H,18,21);3-7,17H,1-2H3,(H,14,16). The number of rotatable bonds is 8. The molecule has 0 aliphatic rings. The maximum absolute atomic E-state index is 11.2. The van der Waals surface area contributed by atoms with Crippen molar-refractivity contribution in [2.24, 2.45) is 14.1 Å². The summed E-state index contributed by atoms with van der Waals surface area (Å²) in [6, 6.07) is 14.3. The number of benzene rings is 2. The van der Waals surface area contributed by atoms with Crippen molar-refractivity contribution in [3.63, 3.8) is 0 Å². The molecule has 0 atom stereocenters. The van der Waals surface area contributed by atoms with Crippen LogP contribution in [0.15, 0.2) is 60.9 Å². The van der Waals surface area contributed by atoms with Gasteiger partial charge in [-0.1, -0.05) is 0 Å². The second kappa shape index (κ2) is 13.2. The van der Waals surface area contributed by atoms with E-state index in [9.17, 15) is 14.7 Å². The van der Waals surface area contributed by atoms with Gasteiger partial charge in [0.05, 0.1) is 11.4 Å². The van der Waals surface area contributed by atoms with Gasteiger partial charge in [0.25, 0.3) is 0 Å². The lowest BCUT2D eigenvalue weighted by Gasteiger charge is -2.15. The Labute approximate surface area is 228 Å². The zero-order chi connectivity index (χ0) is 28.5. The molecule has 4 rings (SSSR count). The summed E-state index contributed by atoms with van der Waals surface area (Å²) in [5.41, 5.74) is 4.65. The summed E-state index contributed by atoms with van der Waals surface area (Å²) in [7, 11) is 7.68. The van der Waals surface area contributed by atoms with Gasteiger partial charge in [0.1, 0.15) is 18.1 Å². The number of ether oxygens (including phenoxy) is 1. The van der Waals surface area contributed by atoms with E-state index in [1.807, 2.05) is 45.4 Å². The first-order valence-electron chi connectivity index (χ1n) is 12.3. The number of nitrogens with one attached hydrogen (secondary N) is 2. The lowest BCUT2D eigenvalue weighted by molar-refractivity contribution is -0.115. The molecule has 39 heavy (non-hydrogen) atoms. The molecule has 206 valence electrons. The van der Waals surface area contributed by atoms with Crippen molar-refractivity contribution in [1.82, 2.24) is 24.5 Å². The van der Waals surface area contributed by atoms with Crippen molar-refractivity contribution >= 4 is 23.2 Å². The molecular formula is C28H35N7O4. The topological polar surface area (TPSA) is 127 Å². The predicted molar refractivity (Wildman–Crippen MR) is 152 cm³/mol. The second-order valence-electron chi connectivity index (χ2n) is 9.14. The van der Waals surface area contributed by atoms with Crippen molar-refractivity contribution in [2.75, 3.05) is 37.9 Å². The molecule has 2 aromatic carbocycles. The van der Waals surface area contributed by atoms with E-state index in [-0.39, 0.29) is 17.6 Å². The summed E-state index contributed by atoms with van der Waals surface area (Å²) in [6.07, 6.45) is 3.39.